The molecule has 3 rings (SSSR count). The van der Waals surface area contributed by atoms with Crippen molar-refractivity contribution in [3.63, 3.8) is 0 Å². The molecule has 0 aliphatic heterocycles. The lowest BCUT2D eigenvalue weighted by Gasteiger charge is -2.15. The summed E-state index contributed by atoms with van der Waals surface area (Å²) in [5.41, 5.74) is -0.441. The Morgan fingerprint density at radius 3 is 2.47 bits per heavy atom. The Morgan fingerprint density at radius 1 is 1.19 bits per heavy atom. The van der Waals surface area contributed by atoms with Crippen LogP contribution >= 0.6 is 0 Å². The Morgan fingerprint density at radius 2 is 1.88 bits per heavy atom. The number of ether oxygens (including phenoxy) is 1. The molecule has 11 heteroatoms. The molecular weight excluding hydrogens is 429 g/mol. The highest BCUT2D eigenvalue weighted by molar-refractivity contribution is 5.94. The van der Waals surface area contributed by atoms with Gasteiger partial charge in [0.2, 0.25) is 5.91 Å². The molecule has 0 bridgehead atoms. The van der Waals surface area contributed by atoms with Crippen LogP contribution in [-0.2, 0) is 11.0 Å². The number of benzene rings is 2. The van der Waals surface area contributed by atoms with E-state index in [1.165, 1.54) is 26.0 Å². The summed E-state index contributed by atoms with van der Waals surface area (Å²) in [5.74, 6) is -0.108. The van der Waals surface area contributed by atoms with Gasteiger partial charge in [-0.2, -0.15) is 18.3 Å². The second kappa shape index (κ2) is 8.69. The number of alkyl halides is 3. The number of carbonyl (C=O) groups excluding carboxylic acids is 1. The molecule has 1 N–H and O–H groups in total. The summed E-state index contributed by atoms with van der Waals surface area (Å²) in [6.45, 7) is 4.57. The van der Waals surface area contributed by atoms with E-state index in [1.807, 2.05) is 6.07 Å². The van der Waals surface area contributed by atoms with Crippen LogP contribution in [0.3, 0.4) is 0 Å². The van der Waals surface area contributed by atoms with Gasteiger partial charge in [0.15, 0.2) is 5.69 Å². The van der Waals surface area contributed by atoms with Gasteiger partial charge in [0.1, 0.15) is 17.5 Å². The zero-order valence-electron chi connectivity index (χ0n) is 17.3. The molecule has 0 spiro atoms. The number of hydrogen-bond donors (Lipinski definition) is 1. The molecule has 0 fully saturated rings. The van der Waals surface area contributed by atoms with E-state index in [2.05, 4.69) is 10.4 Å². The molecular formula is C21H19F3N4O4. The van der Waals surface area contributed by atoms with Gasteiger partial charge in [-0.3, -0.25) is 19.6 Å². The standard InChI is InChI=1S/C21H19F3N4O4/c1-12-6-4-5-7-18(12)32-17-10-15(9-16(11-17)28(30)31)25-20(29)14(3)27-13(2)8-19(26-27)21(22,23)24/h4-11,14H,1-3H3,(H,25,29). The van der Waals surface area contributed by atoms with Crippen molar-refractivity contribution in [1.29, 1.82) is 0 Å². The number of hydrogen-bond acceptors (Lipinski definition) is 5. The molecule has 0 saturated carbocycles. The van der Waals surface area contributed by atoms with Gasteiger partial charge in [0.25, 0.3) is 5.69 Å². The number of non-ortho nitro benzene ring substituents is 1. The number of anilines is 1. The zero-order chi connectivity index (χ0) is 23.6. The lowest BCUT2D eigenvalue weighted by atomic mass is 10.2. The van der Waals surface area contributed by atoms with Crippen LogP contribution in [0.2, 0.25) is 0 Å². The normalized spacial score (nSPS) is 12.3. The molecule has 2 aromatic carbocycles. The van der Waals surface area contributed by atoms with Gasteiger partial charge in [-0.15, -0.1) is 0 Å². The van der Waals surface area contributed by atoms with Crippen molar-refractivity contribution in [1.82, 2.24) is 9.78 Å². The molecule has 1 heterocycles. The summed E-state index contributed by atoms with van der Waals surface area (Å²) < 4.78 is 45.4. The second-order valence-electron chi connectivity index (χ2n) is 7.12. The van der Waals surface area contributed by atoms with Gasteiger partial charge in [-0.05, 0) is 38.5 Å². The van der Waals surface area contributed by atoms with Crippen molar-refractivity contribution in [3.05, 3.63) is 75.6 Å². The highest BCUT2D eigenvalue weighted by Gasteiger charge is 2.35. The van der Waals surface area contributed by atoms with E-state index >= 15 is 0 Å². The number of amides is 1. The molecule has 1 aromatic heterocycles. The quantitative estimate of drug-likeness (QED) is 0.401. The Labute approximate surface area is 180 Å². The van der Waals surface area contributed by atoms with Gasteiger partial charge in [0.05, 0.1) is 16.7 Å². The molecule has 1 atom stereocenters. The first-order valence-corrected chi connectivity index (χ1v) is 9.43. The van der Waals surface area contributed by atoms with Crippen LogP contribution in [0, 0.1) is 24.0 Å². The first-order valence-electron chi connectivity index (χ1n) is 9.43. The lowest BCUT2D eigenvalue weighted by Crippen LogP contribution is -2.25. The number of nitrogens with one attached hydrogen (secondary N) is 1. The maximum Gasteiger partial charge on any atom is 0.435 e. The van der Waals surface area contributed by atoms with E-state index in [-0.39, 0.29) is 22.8 Å². The van der Waals surface area contributed by atoms with Crippen molar-refractivity contribution < 1.29 is 27.6 Å². The molecule has 0 aliphatic rings. The van der Waals surface area contributed by atoms with Gasteiger partial charge in [-0.25, -0.2) is 0 Å². The molecule has 1 unspecified atom stereocenters. The number of aromatic nitrogens is 2. The van der Waals surface area contributed by atoms with E-state index in [4.69, 9.17) is 4.74 Å². The third kappa shape index (κ3) is 5.05. The summed E-state index contributed by atoms with van der Waals surface area (Å²) >= 11 is 0. The van der Waals surface area contributed by atoms with Gasteiger partial charge in [0, 0.05) is 17.8 Å². The predicted octanol–water partition coefficient (Wildman–Crippen LogP) is 5.42. The topological polar surface area (TPSA) is 99.3 Å². The molecule has 32 heavy (non-hydrogen) atoms. The van der Waals surface area contributed by atoms with E-state index in [1.54, 1.807) is 25.1 Å². The van der Waals surface area contributed by atoms with Gasteiger partial charge >= 0.3 is 6.18 Å². The number of aryl methyl sites for hydroxylation is 2. The molecule has 0 saturated heterocycles. The molecule has 0 aliphatic carbocycles. The largest absolute Gasteiger partial charge is 0.457 e. The number of nitrogens with zero attached hydrogens (tertiary/aromatic N) is 3. The summed E-state index contributed by atoms with van der Waals surface area (Å²) in [6.07, 6.45) is -4.64. The fraction of sp³-hybridized carbons (Fsp3) is 0.238. The summed E-state index contributed by atoms with van der Waals surface area (Å²) in [7, 11) is 0. The minimum absolute atomic E-state index is 0.0560. The Kier molecular flexibility index (Phi) is 6.19. The van der Waals surface area contributed by atoms with Crippen molar-refractivity contribution in [2.24, 2.45) is 0 Å². The summed E-state index contributed by atoms with van der Waals surface area (Å²) in [4.78, 5) is 23.3. The average molecular weight is 448 g/mol. The van der Waals surface area contributed by atoms with E-state index in [9.17, 15) is 28.1 Å². The smallest absolute Gasteiger partial charge is 0.435 e. The summed E-state index contributed by atoms with van der Waals surface area (Å²) in [5, 5.41) is 17.3. The van der Waals surface area contributed by atoms with Crippen molar-refractivity contribution >= 4 is 17.3 Å². The second-order valence-corrected chi connectivity index (χ2v) is 7.12. The molecule has 1 amide bonds. The Balaban J connectivity index is 1.87. The third-order valence-corrected chi connectivity index (χ3v) is 4.65. The average Bonchev–Trinajstić information content (AvgIpc) is 3.11. The number of carbonyl (C=O) groups is 1. The van der Waals surface area contributed by atoms with Crippen molar-refractivity contribution in [2.75, 3.05) is 5.32 Å². The van der Waals surface area contributed by atoms with Crippen molar-refractivity contribution in [3.8, 4) is 11.5 Å². The molecule has 168 valence electrons. The van der Waals surface area contributed by atoms with E-state index in [0.717, 1.165) is 22.4 Å². The van der Waals surface area contributed by atoms with Crippen LogP contribution < -0.4 is 10.1 Å². The maximum atomic E-state index is 12.9. The van der Waals surface area contributed by atoms with Crippen LogP contribution in [0.25, 0.3) is 0 Å². The van der Waals surface area contributed by atoms with Crippen LogP contribution in [0.5, 0.6) is 11.5 Å². The predicted molar refractivity (Wildman–Crippen MR) is 110 cm³/mol. The third-order valence-electron chi connectivity index (χ3n) is 4.65. The Bertz CT molecular complexity index is 1170. The van der Waals surface area contributed by atoms with E-state index in [0.29, 0.717) is 5.75 Å². The number of para-hydroxylation sites is 1. The van der Waals surface area contributed by atoms with Gasteiger partial charge < -0.3 is 10.1 Å². The lowest BCUT2D eigenvalue weighted by molar-refractivity contribution is -0.384. The maximum absolute atomic E-state index is 12.9. The number of nitro groups is 1. The Hall–Kier alpha value is -3.89. The monoisotopic (exact) mass is 448 g/mol. The minimum Gasteiger partial charge on any atom is -0.457 e. The number of nitro benzene ring substituents is 1. The SMILES string of the molecule is Cc1ccccc1Oc1cc(NC(=O)C(C)n2nc(C(F)(F)F)cc2C)cc([N+](=O)[O-])c1. The fourth-order valence-corrected chi connectivity index (χ4v) is 2.99. The first-order chi connectivity index (χ1) is 15.0. The van der Waals surface area contributed by atoms with Crippen LogP contribution in [0.1, 0.15) is 29.9 Å². The highest BCUT2D eigenvalue weighted by atomic mass is 19.4. The van der Waals surface area contributed by atoms with Crippen LogP contribution in [-0.4, -0.2) is 20.6 Å². The molecule has 8 nitrogen and oxygen atoms in total. The summed E-state index contributed by atoms with van der Waals surface area (Å²) in [6, 6.07) is 10.5. The highest BCUT2D eigenvalue weighted by Crippen LogP contribution is 2.32. The first kappa shape index (κ1) is 22.8. The molecule has 0 radical (unpaired) electrons. The number of halogens is 3. The van der Waals surface area contributed by atoms with Crippen LogP contribution in [0.15, 0.2) is 48.5 Å². The van der Waals surface area contributed by atoms with Crippen LogP contribution in [0.4, 0.5) is 24.5 Å². The fourth-order valence-electron chi connectivity index (χ4n) is 2.99. The number of rotatable bonds is 6. The van der Waals surface area contributed by atoms with E-state index < -0.39 is 28.7 Å². The van der Waals surface area contributed by atoms with Crippen molar-refractivity contribution in [2.45, 2.75) is 33.0 Å². The minimum atomic E-state index is -4.64. The zero-order valence-corrected chi connectivity index (χ0v) is 17.3. The van der Waals surface area contributed by atoms with Gasteiger partial charge in [-0.1, -0.05) is 18.2 Å². The molecule has 3 aromatic rings.